The molecule has 172 valence electrons. The molecule has 2 unspecified atom stereocenters. The number of nitrogens with zero attached hydrogens (tertiary/aromatic N) is 1. The van der Waals surface area contributed by atoms with Crippen molar-refractivity contribution >= 4 is 17.6 Å². The van der Waals surface area contributed by atoms with Crippen molar-refractivity contribution in [2.24, 2.45) is 5.92 Å². The number of ether oxygens (including phenoxy) is 1. The first-order valence-electron chi connectivity index (χ1n) is 11.5. The topological polar surface area (TPSA) is 46.6 Å². The van der Waals surface area contributed by atoms with Crippen molar-refractivity contribution in [2.75, 3.05) is 0 Å². The van der Waals surface area contributed by atoms with Gasteiger partial charge in [0.25, 0.3) is 0 Å². The summed E-state index contributed by atoms with van der Waals surface area (Å²) in [6.45, 7) is 15.4. The largest absolute Gasteiger partial charge is 0.443 e. The summed E-state index contributed by atoms with van der Waals surface area (Å²) >= 11 is 0. The summed E-state index contributed by atoms with van der Waals surface area (Å²) in [6, 6.07) is 8.66. The lowest BCUT2D eigenvalue weighted by Gasteiger charge is -2.25. The van der Waals surface area contributed by atoms with E-state index in [1.165, 1.54) is 40.9 Å². The molecule has 2 aliphatic rings. The highest BCUT2D eigenvalue weighted by Gasteiger charge is 2.40. The number of hydrogen-bond donors (Lipinski definition) is 0. The molecule has 3 rings (SSSR count). The molecule has 2 atom stereocenters. The third kappa shape index (κ3) is 9.12. The highest BCUT2D eigenvalue weighted by Crippen LogP contribution is 2.26. The zero-order valence-corrected chi connectivity index (χ0v) is 20.7. The van der Waals surface area contributed by atoms with Gasteiger partial charge in [0.2, 0.25) is 5.91 Å². The van der Waals surface area contributed by atoms with Gasteiger partial charge in [-0.2, -0.15) is 0 Å². The quantitative estimate of drug-likeness (QED) is 0.471. The van der Waals surface area contributed by atoms with Gasteiger partial charge < -0.3 is 4.74 Å². The highest BCUT2D eigenvalue weighted by molar-refractivity contribution is 5.95. The molecule has 0 aromatic heterocycles. The summed E-state index contributed by atoms with van der Waals surface area (Å²) < 4.78 is 5.18. The normalized spacial score (nSPS) is 20.2. The van der Waals surface area contributed by atoms with Gasteiger partial charge in [-0.25, -0.2) is 9.69 Å². The van der Waals surface area contributed by atoms with Crippen LogP contribution in [0.5, 0.6) is 0 Å². The Balaban J connectivity index is 0.000000277. The minimum Gasteiger partial charge on any atom is -0.443 e. The standard InChI is InChI=1S/C13H14.C11H19NO3.C3H8/c1-11-7-9-13(10-8-11)12-5-3-2-4-6-12;1-7-6-8(2)12(9(7)13)10(14)15-11(3,4)5;1-3-2/h3,5-10H,2,4H2,1H3;7-8H,6H2,1-5H3;3H2,1-2H3. The van der Waals surface area contributed by atoms with Crippen LogP contribution in [0.1, 0.15) is 85.3 Å². The molecule has 1 aromatic carbocycles. The molecule has 2 amide bonds. The van der Waals surface area contributed by atoms with Crippen molar-refractivity contribution in [3.63, 3.8) is 0 Å². The number of carbonyl (C=O) groups excluding carboxylic acids is 2. The van der Waals surface area contributed by atoms with E-state index in [0.717, 1.165) is 6.42 Å². The summed E-state index contributed by atoms with van der Waals surface area (Å²) in [5, 5.41) is 0. The monoisotopic (exact) mass is 427 g/mol. The third-order valence-corrected chi connectivity index (χ3v) is 4.76. The van der Waals surface area contributed by atoms with Gasteiger partial charge in [-0.15, -0.1) is 0 Å². The minimum absolute atomic E-state index is 0.0534. The van der Waals surface area contributed by atoms with Gasteiger partial charge >= 0.3 is 6.09 Å². The van der Waals surface area contributed by atoms with Crippen LogP contribution in [0.15, 0.2) is 42.5 Å². The van der Waals surface area contributed by atoms with Gasteiger partial charge in [-0.05, 0) is 65.0 Å². The molecule has 1 aliphatic carbocycles. The number of carbonyl (C=O) groups is 2. The number of likely N-dealkylation sites (tertiary alicyclic amines) is 1. The summed E-state index contributed by atoms with van der Waals surface area (Å²) in [7, 11) is 0. The Hall–Kier alpha value is -2.36. The number of hydrogen-bond acceptors (Lipinski definition) is 3. The number of amides is 2. The molecule has 4 heteroatoms. The number of allylic oxidation sites excluding steroid dienone is 4. The summed E-state index contributed by atoms with van der Waals surface area (Å²) in [5.74, 6) is -0.204. The first kappa shape index (κ1) is 26.7. The molecule has 1 saturated heterocycles. The molecule has 4 nitrogen and oxygen atoms in total. The van der Waals surface area contributed by atoms with Crippen LogP contribution in [0.3, 0.4) is 0 Å². The summed E-state index contributed by atoms with van der Waals surface area (Å²) in [6.07, 6.45) is 10.6. The molecule has 1 aromatic rings. The van der Waals surface area contributed by atoms with E-state index in [9.17, 15) is 9.59 Å². The van der Waals surface area contributed by atoms with Crippen LogP contribution in [0.25, 0.3) is 5.57 Å². The van der Waals surface area contributed by atoms with Gasteiger partial charge in [-0.3, -0.25) is 4.79 Å². The third-order valence-electron chi connectivity index (χ3n) is 4.76. The van der Waals surface area contributed by atoms with E-state index in [1.807, 2.05) is 13.8 Å². The van der Waals surface area contributed by atoms with Crippen LogP contribution in [0, 0.1) is 12.8 Å². The maximum absolute atomic E-state index is 11.7. The van der Waals surface area contributed by atoms with E-state index < -0.39 is 11.7 Å². The SMILES string of the molecule is CC1CC(C)N(C(=O)OC(C)(C)C)C1=O.CCC.Cc1ccc(C2=CCCC=C2)cc1. The van der Waals surface area contributed by atoms with Crippen molar-refractivity contribution in [1.29, 1.82) is 0 Å². The molecule has 0 N–H and O–H groups in total. The van der Waals surface area contributed by atoms with Gasteiger partial charge in [0, 0.05) is 12.0 Å². The van der Waals surface area contributed by atoms with Crippen LogP contribution in [-0.4, -0.2) is 28.5 Å². The van der Waals surface area contributed by atoms with Gasteiger partial charge in [0.15, 0.2) is 0 Å². The van der Waals surface area contributed by atoms with Crippen LogP contribution >= 0.6 is 0 Å². The first-order valence-corrected chi connectivity index (χ1v) is 11.5. The fourth-order valence-electron chi connectivity index (χ4n) is 3.33. The van der Waals surface area contributed by atoms with Crippen LogP contribution in [0.4, 0.5) is 4.79 Å². The smallest absolute Gasteiger partial charge is 0.417 e. The lowest BCUT2D eigenvalue weighted by Crippen LogP contribution is -2.41. The number of aryl methyl sites for hydroxylation is 1. The van der Waals surface area contributed by atoms with E-state index in [4.69, 9.17) is 4.74 Å². The van der Waals surface area contributed by atoms with Crippen molar-refractivity contribution in [2.45, 2.75) is 92.7 Å². The van der Waals surface area contributed by atoms with E-state index in [0.29, 0.717) is 0 Å². The Bertz CT molecular complexity index is 769. The molecule has 1 fully saturated rings. The zero-order chi connectivity index (χ0) is 23.6. The predicted octanol–water partition coefficient (Wildman–Crippen LogP) is 7.32. The van der Waals surface area contributed by atoms with Crippen molar-refractivity contribution in [3.8, 4) is 0 Å². The van der Waals surface area contributed by atoms with Gasteiger partial charge in [-0.1, -0.05) is 75.2 Å². The number of rotatable bonds is 1. The Kier molecular flexibility index (Phi) is 10.7. The molecule has 0 bridgehead atoms. The molecule has 1 heterocycles. The second-order valence-corrected chi connectivity index (χ2v) is 9.39. The lowest BCUT2D eigenvalue weighted by molar-refractivity contribution is -0.130. The lowest BCUT2D eigenvalue weighted by atomic mass is 9.99. The molecule has 0 radical (unpaired) electrons. The second kappa shape index (κ2) is 12.5. The Morgan fingerprint density at radius 2 is 1.68 bits per heavy atom. The van der Waals surface area contributed by atoms with Crippen molar-refractivity contribution < 1.29 is 14.3 Å². The Labute approximate surface area is 189 Å². The molecular weight excluding hydrogens is 386 g/mol. The van der Waals surface area contributed by atoms with Crippen molar-refractivity contribution in [1.82, 2.24) is 4.90 Å². The average molecular weight is 428 g/mol. The van der Waals surface area contributed by atoms with Crippen molar-refractivity contribution in [3.05, 3.63) is 53.6 Å². The number of benzene rings is 1. The van der Waals surface area contributed by atoms with E-state index in [2.05, 4.69) is 63.3 Å². The Morgan fingerprint density at radius 1 is 1.10 bits per heavy atom. The van der Waals surface area contributed by atoms with Crippen LogP contribution in [-0.2, 0) is 9.53 Å². The van der Waals surface area contributed by atoms with Gasteiger partial charge in [0.1, 0.15) is 5.60 Å². The van der Waals surface area contributed by atoms with Crippen LogP contribution < -0.4 is 0 Å². The minimum atomic E-state index is -0.553. The fraction of sp³-hybridized carbons (Fsp3) is 0.556. The van der Waals surface area contributed by atoms with Gasteiger partial charge in [0.05, 0.1) is 0 Å². The average Bonchev–Trinajstić information content (AvgIpc) is 2.94. The molecular formula is C27H41NO3. The van der Waals surface area contributed by atoms with E-state index in [-0.39, 0.29) is 17.9 Å². The summed E-state index contributed by atoms with van der Waals surface area (Å²) in [5.41, 5.74) is 3.47. The zero-order valence-electron chi connectivity index (χ0n) is 20.7. The van der Waals surface area contributed by atoms with E-state index in [1.54, 1.807) is 20.8 Å². The second-order valence-electron chi connectivity index (χ2n) is 9.39. The molecule has 0 spiro atoms. The van der Waals surface area contributed by atoms with E-state index >= 15 is 0 Å². The predicted molar refractivity (Wildman–Crippen MR) is 130 cm³/mol. The highest BCUT2D eigenvalue weighted by atomic mass is 16.6. The Morgan fingerprint density at radius 3 is 2.10 bits per heavy atom. The number of imide groups is 1. The molecule has 1 aliphatic heterocycles. The molecule has 31 heavy (non-hydrogen) atoms. The first-order chi connectivity index (χ1) is 14.5. The maximum Gasteiger partial charge on any atom is 0.417 e. The maximum atomic E-state index is 11.7. The fourth-order valence-corrected chi connectivity index (χ4v) is 3.33. The van der Waals surface area contributed by atoms with Crippen LogP contribution in [0.2, 0.25) is 0 Å². The molecule has 0 saturated carbocycles. The summed E-state index contributed by atoms with van der Waals surface area (Å²) in [4.78, 5) is 24.6.